The first-order valence-electron chi connectivity index (χ1n) is 13.3. The maximum Gasteiger partial charge on any atom is 0.309 e. The van der Waals surface area contributed by atoms with Crippen molar-refractivity contribution in [2.24, 2.45) is 28.6 Å². The monoisotopic (exact) mass is 534 g/mol. The number of hydrogen-bond donors (Lipinski definition) is 2. The number of aliphatic hydroxyl groups excluding tert-OH is 2. The highest BCUT2D eigenvalue weighted by Crippen LogP contribution is 2.67. The van der Waals surface area contributed by atoms with E-state index in [1.807, 2.05) is 20.8 Å². The lowest BCUT2D eigenvalue weighted by molar-refractivity contribution is -0.256. The van der Waals surface area contributed by atoms with Crippen molar-refractivity contribution in [3.8, 4) is 0 Å². The lowest BCUT2D eigenvalue weighted by Gasteiger charge is -2.60. The highest BCUT2D eigenvalue weighted by atomic mass is 16.8. The van der Waals surface area contributed by atoms with E-state index in [0.717, 1.165) is 0 Å². The molecule has 0 aromatic carbocycles. The van der Waals surface area contributed by atoms with Crippen molar-refractivity contribution in [1.82, 2.24) is 0 Å². The number of hydrogen-bond acceptors (Lipinski definition) is 9. The van der Waals surface area contributed by atoms with Gasteiger partial charge in [-0.15, -0.1) is 0 Å². The first kappa shape index (κ1) is 30.1. The number of rotatable bonds is 9. The van der Waals surface area contributed by atoms with Gasteiger partial charge in [0.05, 0.1) is 23.5 Å². The summed E-state index contributed by atoms with van der Waals surface area (Å²) in [5.41, 5.74) is -1.10. The zero-order valence-corrected chi connectivity index (χ0v) is 23.3. The van der Waals surface area contributed by atoms with E-state index in [9.17, 15) is 24.6 Å². The average Bonchev–Trinajstić information content (AvgIpc) is 3.13. The standard InChI is InChI=1S/C29H42O9/c1-9-15(3)22(32)14-28(8)17(5)11-24(33)29-21(26(35-18(6)30)38-27(29)36-19(7)31)12-20(13-23(28)29)37-25(34)16(4)10-2/h9,12,16-17,20,22-24,26-27,32-33H,1,3,10-11,13-14H2,2,4-8H3/t16?,17-,20+,22-,23+,24+,26+,27-,28-,29?/m0/s1. The van der Waals surface area contributed by atoms with Gasteiger partial charge >= 0.3 is 17.9 Å². The van der Waals surface area contributed by atoms with E-state index in [0.29, 0.717) is 24.0 Å². The summed E-state index contributed by atoms with van der Waals surface area (Å²) in [5, 5.41) is 22.8. The Kier molecular flexibility index (Phi) is 8.95. The summed E-state index contributed by atoms with van der Waals surface area (Å²) >= 11 is 0. The fourth-order valence-corrected chi connectivity index (χ4v) is 6.52. The molecule has 2 N–H and O–H groups in total. The van der Waals surface area contributed by atoms with E-state index in [1.165, 1.54) is 19.9 Å². The van der Waals surface area contributed by atoms with Gasteiger partial charge in [0.1, 0.15) is 6.10 Å². The minimum absolute atomic E-state index is 0.101. The van der Waals surface area contributed by atoms with Crippen LogP contribution in [0.4, 0.5) is 0 Å². The normalized spacial score (nSPS) is 37.5. The Hall–Kier alpha value is -2.49. The molecule has 1 heterocycles. The van der Waals surface area contributed by atoms with E-state index < -0.39 is 59.6 Å². The van der Waals surface area contributed by atoms with Gasteiger partial charge in [-0.3, -0.25) is 19.1 Å². The fourth-order valence-electron chi connectivity index (χ4n) is 6.52. The van der Waals surface area contributed by atoms with Crippen molar-refractivity contribution in [3.05, 3.63) is 36.5 Å². The number of carbonyl (C=O) groups excluding carboxylic acids is 3. The van der Waals surface area contributed by atoms with E-state index in [1.54, 1.807) is 13.0 Å². The molecular formula is C29H42O9. The highest BCUT2D eigenvalue weighted by Gasteiger charge is 2.71. The Morgan fingerprint density at radius 1 is 1.21 bits per heavy atom. The molecule has 1 aliphatic heterocycles. The molecule has 9 heteroatoms. The van der Waals surface area contributed by atoms with E-state index in [-0.39, 0.29) is 30.6 Å². The molecule has 0 amide bonds. The fraction of sp³-hybridized carbons (Fsp3) is 0.690. The van der Waals surface area contributed by atoms with Gasteiger partial charge in [-0.25, -0.2) is 0 Å². The Labute approximate surface area is 224 Å². The lowest BCUT2D eigenvalue weighted by atomic mass is 9.44. The SMILES string of the molecule is C=CC(=C)[C@@H](O)C[C@@]1(C)[C@@H](C)C[C@@H](O)C23C(=C[C@@H](OC(=O)C(C)CC)C[C@@H]21)[C@H](OC(C)=O)O[C@@H]3OC(C)=O. The molecule has 9 nitrogen and oxygen atoms in total. The van der Waals surface area contributed by atoms with Crippen LogP contribution in [0.25, 0.3) is 0 Å². The van der Waals surface area contributed by atoms with Crippen LogP contribution in [0.3, 0.4) is 0 Å². The van der Waals surface area contributed by atoms with Crippen LogP contribution >= 0.6 is 0 Å². The molecule has 3 rings (SSSR count). The summed E-state index contributed by atoms with van der Waals surface area (Å²) in [4.78, 5) is 37.0. The van der Waals surface area contributed by atoms with E-state index in [2.05, 4.69) is 13.2 Å². The van der Waals surface area contributed by atoms with Crippen LogP contribution in [-0.2, 0) is 33.3 Å². The van der Waals surface area contributed by atoms with Gasteiger partial charge in [0.2, 0.25) is 12.6 Å². The predicted molar refractivity (Wildman–Crippen MR) is 138 cm³/mol. The molecule has 0 aromatic heterocycles. The molecule has 38 heavy (non-hydrogen) atoms. The molecule has 0 aromatic rings. The molecule has 0 radical (unpaired) electrons. The predicted octanol–water partition coefficient (Wildman–Crippen LogP) is 3.59. The zero-order chi connectivity index (χ0) is 28.6. The first-order chi connectivity index (χ1) is 17.7. The van der Waals surface area contributed by atoms with Gasteiger partial charge in [0, 0.05) is 19.4 Å². The van der Waals surface area contributed by atoms with Crippen molar-refractivity contribution in [3.63, 3.8) is 0 Å². The third-order valence-corrected chi connectivity index (χ3v) is 9.00. The molecule has 1 spiro atoms. The minimum atomic E-state index is -1.29. The van der Waals surface area contributed by atoms with Crippen LogP contribution in [-0.4, -0.2) is 59.0 Å². The van der Waals surface area contributed by atoms with Crippen LogP contribution < -0.4 is 0 Å². The molecule has 1 saturated heterocycles. The van der Waals surface area contributed by atoms with Crippen LogP contribution in [0, 0.1) is 28.6 Å². The molecule has 1 saturated carbocycles. The molecule has 3 aliphatic rings. The van der Waals surface area contributed by atoms with Gasteiger partial charge in [-0.05, 0) is 54.6 Å². The lowest BCUT2D eigenvalue weighted by Crippen LogP contribution is -2.63. The van der Waals surface area contributed by atoms with Crippen molar-refractivity contribution >= 4 is 17.9 Å². The number of carbonyl (C=O) groups is 3. The summed E-state index contributed by atoms with van der Waals surface area (Å²) in [6, 6.07) is 0. The minimum Gasteiger partial charge on any atom is -0.458 e. The highest BCUT2D eigenvalue weighted by molar-refractivity contribution is 5.72. The van der Waals surface area contributed by atoms with Crippen LogP contribution in [0.15, 0.2) is 36.5 Å². The molecule has 2 unspecified atom stereocenters. The Morgan fingerprint density at radius 2 is 1.84 bits per heavy atom. The number of ether oxygens (including phenoxy) is 4. The third kappa shape index (κ3) is 5.20. The summed E-state index contributed by atoms with van der Waals surface area (Å²) in [6.45, 7) is 17.8. The van der Waals surface area contributed by atoms with Crippen molar-refractivity contribution in [2.75, 3.05) is 0 Å². The topological polar surface area (TPSA) is 129 Å². The number of aliphatic hydroxyl groups is 2. The van der Waals surface area contributed by atoms with Gasteiger partial charge in [-0.1, -0.05) is 46.9 Å². The van der Waals surface area contributed by atoms with E-state index in [4.69, 9.17) is 18.9 Å². The average molecular weight is 535 g/mol. The summed E-state index contributed by atoms with van der Waals surface area (Å²) in [5.74, 6) is -2.53. The van der Waals surface area contributed by atoms with Crippen LogP contribution in [0.1, 0.15) is 67.2 Å². The Bertz CT molecular complexity index is 1000. The van der Waals surface area contributed by atoms with Crippen molar-refractivity contribution in [1.29, 1.82) is 0 Å². The molecule has 0 bridgehead atoms. The van der Waals surface area contributed by atoms with Crippen LogP contribution in [0.2, 0.25) is 0 Å². The first-order valence-corrected chi connectivity index (χ1v) is 13.3. The van der Waals surface area contributed by atoms with Crippen molar-refractivity contribution < 1.29 is 43.5 Å². The zero-order valence-electron chi connectivity index (χ0n) is 23.3. The van der Waals surface area contributed by atoms with Gasteiger partial charge in [0.25, 0.3) is 0 Å². The van der Waals surface area contributed by atoms with Crippen molar-refractivity contribution in [2.45, 2.75) is 98.1 Å². The molecule has 212 valence electrons. The summed E-state index contributed by atoms with van der Waals surface area (Å²) in [7, 11) is 0. The van der Waals surface area contributed by atoms with Crippen LogP contribution in [0.5, 0.6) is 0 Å². The molecule has 2 aliphatic carbocycles. The summed E-state index contributed by atoms with van der Waals surface area (Å²) < 4.78 is 23.1. The van der Waals surface area contributed by atoms with Gasteiger partial charge in [-0.2, -0.15) is 0 Å². The second-order valence-electron chi connectivity index (χ2n) is 11.3. The largest absolute Gasteiger partial charge is 0.458 e. The quantitative estimate of drug-likeness (QED) is 0.197. The van der Waals surface area contributed by atoms with Gasteiger partial charge in [0.15, 0.2) is 0 Å². The summed E-state index contributed by atoms with van der Waals surface area (Å²) in [6.07, 6.45) is -0.516. The smallest absolute Gasteiger partial charge is 0.309 e. The number of esters is 3. The van der Waals surface area contributed by atoms with E-state index >= 15 is 0 Å². The maximum atomic E-state index is 12.8. The second-order valence-corrected chi connectivity index (χ2v) is 11.3. The molecule has 2 fully saturated rings. The second kappa shape index (κ2) is 11.3. The Balaban J connectivity index is 2.22. The molecular weight excluding hydrogens is 492 g/mol. The molecule has 10 atom stereocenters. The maximum absolute atomic E-state index is 12.8. The third-order valence-electron chi connectivity index (χ3n) is 9.00. The Morgan fingerprint density at radius 3 is 2.39 bits per heavy atom. The van der Waals surface area contributed by atoms with Gasteiger partial charge < -0.3 is 24.4 Å².